The van der Waals surface area contributed by atoms with Gasteiger partial charge in [-0.3, -0.25) is 4.98 Å². The first-order valence-electron chi connectivity index (χ1n) is 4.70. The number of hydrogen-bond donors (Lipinski definition) is 0. The Kier molecular flexibility index (Phi) is 2.53. The van der Waals surface area contributed by atoms with Gasteiger partial charge in [-0.2, -0.15) is 0 Å². The summed E-state index contributed by atoms with van der Waals surface area (Å²) in [6.07, 6.45) is 6.39. The molecule has 0 N–H and O–H groups in total. The highest BCUT2D eigenvalue weighted by atomic mass is 15.3. The molecular formula is C10H12N4. The summed E-state index contributed by atoms with van der Waals surface area (Å²) in [6, 6.07) is 3.89. The lowest BCUT2D eigenvalue weighted by atomic mass is 10.2. The fourth-order valence-corrected chi connectivity index (χ4v) is 1.38. The molecule has 0 aliphatic rings. The average Bonchev–Trinajstić information content (AvgIpc) is 2.68. The summed E-state index contributed by atoms with van der Waals surface area (Å²) in [5.74, 6) is 0.889. The van der Waals surface area contributed by atoms with E-state index in [0.717, 1.165) is 24.4 Å². The van der Waals surface area contributed by atoms with E-state index in [0.29, 0.717) is 0 Å². The lowest BCUT2D eigenvalue weighted by Gasteiger charge is -2.03. The van der Waals surface area contributed by atoms with E-state index < -0.39 is 0 Å². The maximum Gasteiger partial charge on any atom is 0.165 e. The van der Waals surface area contributed by atoms with Gasteiger partial charge in [0.1, 0.15) is 6.33 Å². The molecule has 0 aliphatic carbocycles. The van der Waals surface area contributed by atoms with Crippen molar-refractivity contribution in [3.8, 4) is 11.4 Å². The van der Waals surface area contributed by atoms with Crippen molar-refractivity contribution in [1.82, 2.24) is 19.7 Å². The van der Waals surface area contributed by atoms with E-state index in [-0.39, 0.29) is 0 Å². The van der Waals surface area contributed by atoms with Crippen LogP contribution in [0.3, 0.4) is 0 Å². The van der Waals surface area contributed by atoms with Crippen molar-refractivity contribution >= 4 is 0 Å². The Balaban J connectivity index is 2.37. The molecule has 2 aromatic heterocycles. The quantitative estimate of drug-likeness (QED) is 0.737. The zero-order valence-corrected chi connectivity index (χ0v) is 8.09. The van der Waals surface area contributed by atoms with Gasteiger partial charge in [0.15, 0.2) is 5.82 Å². The van der Waals surface area contributed by atoms with E-state index in [1.54, 1.807) is 18.7 Å². The molecule has 4 nitrogen and oxygen atoms in total. The number of nitrogens with zero attached hydrogens (tertiary/aromatic N) is 4. The van der Waals surface area contributed by atoms with Crippen LogP contribution in [0.5, 0.6) is 0 Å². The minimum Gasteiger partial charge on any atom is -0.314 e. The minimum atomic E-state index is 0.889. The average molecular weight is 188 g/mol. The van der Waals surface area contributed by atoms with Gasteiger partial charge in [0.25, 0.3) is 0 Å². The fourth-order valence-electron chi connectivity index (χ4n) is 1.38. The number of aryl methyl sites for hydroxylation is 1. The molecule has 0 amide bonds. The van der Waals surface area contributed by atoms with Crippen LogP contribution in [0.2, 0.25) is 0 Å². The molecule has 0 radical (unpaired) electrons. The Morgan fingerprint density at radius 2 is 2.36 bits per heavy atom. The maximum absolute atomic E-state index is 4.08. The lowest BCUT2D eigenvalue weighted by molar-refractivity contribution is 0.682. The van der Waals surface area contributed by atoms with Gasteiger partial charge in [0, 0.05) is 24.5 Å². The van der Waals surface area contributed by atoms with E-state index in [4.69, 9.17) is 0 Å². The number of rotatable bonds is 3. The maximum atomic E-state index is 4.08. The molecular weight excluding hydrogens is 176 g/mol. The van der Waals surface area contributed by atoms with Crippen LogP contribution in [0, 0.1) is 0 Å². The predicted octanol–water partition coefficient (Wildman–Crippen LogP) is 1.75. The van der Waals surface area contributed by atoms with E-state index in [1.165, 1.54) is 0 Å². The normalized spacial score (nSPS) is 10.4. The largest absolute Gasteiger partial charge is 0.314 e. The standard InChI is InChI=1S/C10H12N4/c1-2-6-14-8-12-13-10(14)9-4-3-5-11-7-9/h3-5,7-8H,2,6H2,1H3. The molecule has 0 fully saturated rings. The molecule has 72 valence electrons. The summed E-state index contributed by atoms with van der Waals surface area (Å²) < 4.78 is 2.04. The van der Waals surface area contributed by atoms with Gasteiger partial charge >= 0.3 is 0 Å². The van der Waals surface area contributed by atoms with Gasteiger partial charge in [-0.05, 0) is 18.6 Å². The van der Waals surface area contributed by atoms with Crippen molar-refractivity contribution in [2.75, 3.05) is 0 Å². The molecule has 0 saturated carbocycles. The second-order valence-electron chi connectivity index (χ2n) is 3.09. The Morgan fingerprint density at radius 3 is 3.07 bits per heavy atom. The third-order valence-corrected chi connectivity index (χ3v) is 2.00. The van der Waals surface area contributed by atoms with Crippen LogP contribution in [-0.2, 0) is 6.54 Å². The van der Waals surface area contributed by atoms with Crippen molar-refractivity contribution in [2.24, 2.45) is 0 Å². The smallest absolute Gasteiger partial charge is 0.165 e. The first-order valence-corrected chi connectivity index (χ1v) is 4.70. The minimum absolute atomic E-state index is 0.889. The van der Waals surface area contributed by atoms with Crippen LogP contribution < -0.4 is 0 Å². The summed E-state index contributed by atoms with van der Waals surface area (Å²) in [5, 5.41) is 7.98. The van der Waals surface area contributed by atoms with Crippen LogP contribution >= 0.6 is 0 Å². The highest BCUT2D eigenvalue weighted by Gasteiger charge is 2.05. The molecule has 0 aromatic carbocycles. The van der Waals surface area contributed by atoms with Crippen LogP contribution in [0.4, 0.5) is 0 Å². The van der Waals surface area contributed by atoms with Crippen LogP contribution in [0.1, 0.15) is 13.3 Å². The summed E-state index contributed by atoms with van der Waals surface area (Å²) in [7, 11) is 0. The molecule has 14 heavy (non-hydrogen) atoms. The van der Waals surface area contributed by atoms with E-state index >= 15 is 0 Å². The number of hydrogen-bond acceptors (Lipinski definition) is 3. The van der Waals surface area contributed by atoms with E-state index in [1.807, 2.05) is 16.7 Å². The molecule has 2 aromatic rings. The van der Waals surface area contributed by atoms with Gasteiger partial charge in [-0.25, -0.2) is 0 Å². The fraction of sp³-hybridized carbons (Fsp3) is 0.300. The summed E-state index contributed by atoms with van der Waals surface area (Å²) in [5.41, 5.74) is 1.01. The molecule has 0 aliphatic heterocycles. The monoisotopic (exact) mass is 188 g/mol. The van der Waals surface area contributed by atoms with Crippen molar-refractivity contribution in [3.63, 3.8) is 0 Å². The van der Waals surface area contributed by atoms with Gasteiger partial charge < -0.3 is 4.57 Å². The zero-order chi connectivity index (χ0) is 9.80. The van der Waals surface area contributed by atoms with Crippen molar-refractivity contribution in [1.29, 1.82) is 0 Å². The highest BCUT2D eigenvalue weighted by Crippen LogP contribution is 2.14. The highest BCUT2D eigenvalue weighted by molar-refractivity contribution is 5.52. The Bertz CT molecular complexity index is 394. The summed E-state index contributed by atoms with van der Waals surface area (Å²) >= 11 is 0. The van der Waals surface area contributed by atoms with Crippen molar-refractivity contribution < 1.29 is 0 Å². The molecule has 0 atom stereocenters. The molecule has 0 unspecified atom stereocenters. The molecule has 2 heterocycles. The topological polar surface area (TPSA) is 43.6 Å². The predicted molar refractivity (Wildman–Crippen MR) is 53.5 cm³/mol. The first-order chi connectivity index (χ1) is 6.92. The zero-order valence-electron chi connectivity index (χ0n) is 8.09. The molecule has 2 rings (SSSR count). The summed E-state index contributed by atoms with van der Waals surface area (Å²) in [4.78, 5) is 4.06. The van der Waals surface area contributed by atoms with Crippen LogP contribution in [0.25, 0.3) is 11.4 Å². The molecule has 0 spiro atoms. The Hall–Kier alpha value is -1.71. The van der Waals surface area contributed by atoms with Gasteiger partial charge in [-0.15, -0.1) is 10.2 Å². The lowest BCUT2D eigenvalue weighted by Crippen LogP contribution is -1.98. The first kappa shape index (κ1) is 8.87. The second-order valence-corrected chi connectivity index (χ2v) is 3.09. The van der Waals surface area contributed by atoms with E-state index in [2.05, 4.69) is 22.1 Å². The molecule has 0 saturated heterocycles. The number of pyridine rings is 1. The Morgan fingerprint density at radius 1 is 1.43 bits per heavy atom. The van der Waals surface area contributed by atoms with Crippen molar-refractivity contribution in [3.05, 3.63) is 30.9 Å². The Labute approximate surface area is 82.6 Å². The van der Waals surface area contributed by atoms with Crippen molar-refractivity contribution in [2.45, 2.75) is 19.9 Å². The molecule has 4 heteroatoms. The van der Waals surface area contributed by atoms with Crippen LogP contribution in [-0.4, -0.2) is 19.7 Å². The molecule has 0 bridgehead atoms. The summed E-state index contributed by atoms with van der Waals surface area (Å²) in [6.45, 7) is 3.07. The van der Waals surface area contributed by atoms with Gasteiger partial charge in [0.05, 0.1) is 0 Å². The third-order valence-electron chi connectivity index (χ3n) is 2.00. The van der Waals surface area contributed by atoms with E-state index in [9.17, 15) is 0 Å². The van der Waals surface area contributed by atoms with Crippen LogP contribution in [0.15, 0.2) is 30.9 Å². The SMILES string of the molecule is CCCn1cnnc1-c1cccnc1. The van der Waals surface area contributed by atoms with Gasteiger partial charge in [0.2, 0.25) is 0 Å². The second kappa shape index (κ2) is 4.00. The number of aromatic nitrogens is 4. The third kappa shape index (κ3) is 1.64. The van der Waals surface area contributed by atoms with Gasteiger partial charge in [-0.1, -0.05) is 6.92 Å².